The quantitative estimate of drug-likeness (QED) is 0.521. The molecule has 0 aliphatic carbocycles. The van der Waals surface area contributed by atoms with E-state index in [1.54, 1.807) is 0 Å². The lowest BCUT2D eigenvalue weighted by Crippen LogP contribution is -1.72. The summed E-state index contributed by atoms with van der Waals surface area (Å²) in [5.74, 6) is 0. The molecule has 0 saturated heterocycles. The first-order valence-corrected chi connectivity index (χ1v) is 4.94. The van der Waals surface area contributed by atoms with Crippen LogP contribution in [0, 0.1) is 0 Å². The second-order valence-electron chi connectivity index (χ2n) is 1.95. The third-order valence-electron chi connectivity index (χ3n) is 1.13. The number of rotatable bonds is 0. The minimum absolute atomic E-state index is 0.897. The summed E-state index contributed by atoms with van der Waals surface area (Å²) in [7, 11) is 0. The second kappa shape index (κ2) is 13.0. The normalized spacial score (nSPS) is 14.2. The minimum atomic E-state index is 0.897. The Kier molecular flexibility index (Phi) is 15.0. The van der Waals surface area contributed by atoms with Crippen molar-refractivity contribution in [2.75, 3.05) is 6.54 Å². The highest BCUT2D eigenvalue weighted by Gasteiger charge is 1.89. The summed E-state index contributed by atoms with van der Waals surface area (Å²) in [6, 6.07) is 0. The largest absolute Gasteiger partial charge is 0.189 e. The van der Waals surface area contributed by atoms with Gasteiger partial charge in [-0.15, -0.1) is 0 Å². The van der Waals surface area contributed by atoms with Crippen molar-refractivity contribution in [3.8, 4) is 0 Å². The van der Waals surface area contributed by atoms with Gasteiger partial charge in [-0.1, -0.05) is 33.8 Å². The summed E-state index contributed by atoms with van der Waals surface area (Å²) in [5.41, 5.74) is 1.06. The zero-order chi connectivity index (χ0) is 9.82. The van der Waals surface area contributed by atoms with E-state index < -0.39 is 0 Å². The van der Waals surface area contributed by atoms with Gasteiger partial charge in [0.1, 0.15) is 0 Å². The molecule has 0 N–H and O–H groups in total. The van der Waals surface area contributed by atoms with Crippen molar-refractivity contribution in [3.63, 3.8) is 0 Å². The van der Waals surface area contributed by atoms with E-state index in [1.807, 2.05) is 34.6 Å². The Labute approximate surface area is 76.8 Å². The van der Waals surface area contributed by atoms with E-state index in [4.69, 9.17) is 0 Å². The SMILES string of the molecule is CC.CC.CC1=CCCCN=N1. The molecule has 0 atom stereocenters. The van der Waals surface area contributed by atoms with Crippen molar-refractivity contribution in [3.05, 3.63) is 11.8 Å². The van der Waals surface area contributed by atoms with Crippen LogP contribution < -0.4 is 0 Å². The van der Waals surface area contributed by atoms with Crippen molar-refractivity contribution >= 4 is 0 Å². The second-order valence-corrected chi connectivity index (χ2v) is 1.95. The molecule has 0 bridgehead atoms. The zero-order valence-electron chi connectivity index (χ0n) is 9.09. The molecule has 1 rings (SSSR count). The molecule has 0 fully saturated rings. The summed E-state index contributed by atoms with van der Waals surface area (Å²) >= 11 is 0. The Bertz CT molecular complexity index is 126. The first-order chi connectivity index (χ1) is 5.89. The molecule has 0 radical (unpaired) electrons. The number of allylic oxidation sites excluding steroid dienone is 2. The monoisotopic (exact) mass is 170 g/mol. The topological polar surface area (TPSA) is 24.7 Å². The van der Waals surface area contributed by atoms with E-state index in [9.17, 15) is 0 Å². The Balaban J connectivity index is 0. The van der Waals surface area contributed by atoms with Gasteiger partial charge >= 0.3 is 0 Å². The predicted molar refractivity (Wildman–Crippen MR) is 55.4 cm³/mol. The molecule has 0 aromatic carbocycles. The number of hydrogen-bond donors (Lipinski definition) is 0. The lowest BCUT2D eigenvalue weighted by atomic mass is 10.3. The van der Waals surface area contributed by atoms with Crippen LogP contribution in [-0.2, 0) is 0 Å². The molecule has 0 aromatic heterocycles. The maximum atomic E-state index is 3.91. The Hall–Kier alpha value is -0.660. The molecule has 0 amide bonds. The summed E-state index contributed by atoms with van der Waals surface area (Å²) in [6.07, 6.45) is 4.41. The Morgan fingerprint density at radius 2 is 1.75 bits per heavy atom. The smallest absolute Gasteiger partial charge is 0.0606 e. The number of azo groups is 1. The van der Waals surface area contributed by atoms with E-state index in [0.717, 1.165) is 25.1 Å². The minimum Gasteiger partial charge on any atom is -0.189 e. The van der Waals surface area contributed by atoms with E-state index in [2.05, 4.69) is 16.3 Å². The van der Waals surface area contributed by atoms with Crippen LogP contribution in [0.5, 0.6) is 0 Å². The van der Waals surface area contributed by atoms with Crippen LogP contribution in [0.2, 0.25) is 0 Å². The predicted octanol–water partition coefficient (Wildman–Crippen LogP) is 4.19. The van der Waals surface area contributed by atoms with Gasteiger partial charge in [0.05, 0.1) is 12.2 Å². The molecule has 2 heteroatoms. The maximum absolute atomic E-state index is 3.91. The summed E-state index contributed by atoms with van der Waals surface area (Å²) < 4.78 is 0. The maximum Gasteiger partial charge on any atom is 0.0606 e. The van der Waals surface area contributed by atoms with Gasteiger partial charge in [0, 0.05) is 0 Å². The van der Waals surface area contributed by atoms with Crippen LogP contribution in [0.4, 0.5) is 0 Å². The molecule has 0 saturated carbocycles. The lowest BCUT2D eigenvalue weighted by Gasteiger charge is -1.81. The molecule has 0 unspecified atom stereocenters. The molecule has 1 aliphatic heterocycles. The number of hydrogen-bond acceptors (Lipinski definition) is 2. The van der Waals surface area contributed by atoms with Gasteiger partial charge in [-0.2, -0.15) is 10.2 Å². The molecule has 0 aromatic rings. The highest BCUT2D eigenvalue weighted by molar-refractivity contribution is 4.95. The van der Waals surface area contributed by atoms with E-state index in [1.165, 1.54) is 0 Å². The van der Waals surface area contributed by atoms with Gasteiger partial charge in [-0.05, 0) is 19.8 Å². The van der Waals surface area contributed by atoms with Gasteiger partial charge in [-0.3, -0.25) is 0 Å². The zero-order valence-corrected chi connectivity index (χ0v) is 9.09. The highest BCUT2D eigenvalue weighted by Crippen LogP contribution is 2.05. The standard InChI is InChI=1S/C6H10N2.2C2H6/c1-6-4-2-3-5-7-8-6;2*1-2/h4H,2-3,5H2,1H3;2*1-2H3. The fourth-order valence-electron chi connectivity index (χ4n) is 0.675. The molecule has 2 nitrogen and oxygen atoms in total. The highest BCUT2D eigenvalue weighted by atomic mass is 15.1. The van der Waals surface area contributed by atoms with E-state index in [0.29, 0.717) is 0 Å². The summed E-state index contributed by atoms with van der Waals surface area (Å²) in [5, 5.41) is 7.82. The Morgan fingerprint density at radius 3 is 2.33 bits per heavy atom. The molecule has 72 valence electrons. The van der Waals surface area contributed by atoms with Gasteiger partial charge in [0.25, 0.3) is 0 Å². The molecule has 1 heterocycles. The van der Waals surface area contributed by atoms with Crippen LogP contribution in [0.25, 0.3) is 0 Å². The summed E-state index contributed by atoms with van der Waals surface area (Å²) in [4.78, 5) is 0. The molecule has 0 spiro atoms. The first-order valence-electron chi connectivity index (χ1n) is 4.94. The average Bonchev–Trinajstić information content (AvgIpc) is 2.40. The van der Waals surface area contributed by atoms with Crippen molar-refractivity contribution in [1.29, 1.82) is 0 Å². The van der Waals surface area contributed by atoms with Crippen LogP contribution in [0.15, 0.2) is 22.0 Å². The van der Waals surface area contributed by atoms with E-state index >= 15 is 0 Å². The van der Waals surface area contributed by atoms with E-state index in [-0.39, 0.29) is 0 Å². The molecule has 1 aliphatic rings. The van der Waals surface area contributed by atoms with Crippen molar-refractivity contribution in [2.24, 2.45) is 10.2 Å². The average molecular weight is 170 g/mol. The Morgan fingerprint density at radius 1 is 1.17 bits per heavy atom. The van der Waals surface area contributed by atoms with Crippen LogP contribution in [0.1, 0.15) is 47.5 Å². The van der Waals surface area contributed by atoms with Crippen LogP contribution in [0.3, 0.4) is 0 Å². The first kappa shape index (κ1) is 13.9. The fraction of sp³-hybridized carbons (Fsp3) is 0.800. The number of nitrogens with zero attached hydrogens (tertiary/aromatic N) is 2. The van der Waals surface area contributed by atoms with Crippen molar-refractivity contribution in [2.45, 2.75) is 47.5 Å². The third kappa shape index (κ3) is 9.34. The molecular weight excluding hydrogens is 148 g/mol. The van der Waals surface area contributed by atoms with Gasteiger partial charge in [0.15, 0.2) is 0 Å². The molecular formula is C10H22N2. The third-order valence-corrected chi connectivity index (χ3v) is 1.13. The van der Waals surface area contributed by atoms with Gasteiger partial charge in [0.2, 0.25) is 0 Å². The van der Waals surface area contributed by atoms with Crippen LogP contribution in [-0.4, -0.2) is 6.54 Å². The molecule has 12 heavy (non-hydrogen) atoms. The van der Waals surface area contributed by atoms with Crippen molar-refractivity contribution in [1.82, 2.24) is 0 Å². The van der Waals surface area contributed by atoms with Crippen molar-refractivity contribution < 1.29 is 0 Å². The van der Waals surface area contributed by atoms with Crippen LogP contribution >= 0.6 is 0 Å². The van der Waals surface area contributed by atoms with Gasteiger partial charge < -0.3 is 0 Å². The summed E-state index contributed by atoms with van der Waals surface area (Å²) in [6.45, 7) is 10.9. The van der Waals surface area contributed by atoms with Gasteiger partial charge in [-0.25, -0.2) is 0 Å². The fourth-order valence-corrected chi connectivity index (χ4v) is 0.675. The lowest BCUT2D eigenvalue weighted by molar-refractivity contribution is 0.837.